The van der Waals surface area contributed by atoms with Crippen LogP contribution in [0, 0.1) is 6.92 Å². The molecular weight excluding hydrogens is 482 g/mol. The van der Waals surface area contributed by atoms with Crippen molar-refractivity contribution in [1.29, 1.82) is 0 Å². The molecule has 1 amide bonds. The maximum Gasteiger partial charge on any atom is 0.264 e. The fourth-order valence-electron chi connectivity index (χ4n) is 3.55. The number of nitrogens with zero attached hydrogens (tertiary/aromatic N) is 2. The summed E-state index contributed by atoms with van der Waals surface area (Å²) in [6, 6.07) is 18.3. The third kappa shape index (κ3) is 5.60. The highest BCUT2D eigenvalue weighted by Gasteiger charge is 2.27. The average Bonchev–Trinajstić information content (AvgIpc) is 2.90. The van der Waals surface area contributed by atoms with Crippen molar-refractivity contribution in [3.63, 3.8) is 0 Å². The van der Waals surface area contributed by atoms with Gasteiger partial charge in [0, 0.05) is 5.56 Å². The van der Waals surface area contributed by atoms with Gasteiger partial charge >= 0.3 is 0 Å². The zero-order valence-electron chi connectivity index (χ0n) is 20.2. The summed E-state index contributed by atoms with van der Waals surface area (Å²) in [7, 11) is -2.55. The molecule has 1 N–H and O–H groups in total. The number of methoxy groups -OCH3 is 1. The first kappa shape index (κ1) is 25.1. The highest BCUT2D eigenvalue weighted by molar-refractivity contribution is 7.92. The third-order valence-corrected chi connectivity index (χ3v) is 7.35. The summed E-state index contributed by atoms with van der Waals surface area (Å²) in [5.41, 5.74) is 5.05. The van der Waals surface area contributed by atoms with Gasteiger partial charge in [-0.3, -0.25) is 9.10 Å². The Balaban J connectivity index is 1.55. The van der Waals surface area contributed by atoms with E-state index >= 15 is 0 Å². The van der Waals surface area contributed by atoms with Crippen LogP contribution >= 0.6 is 0 Å². The molecule has 0 saturated carbocycles. The molecule has 1 aliphatic heterocycles. The van der Waals surface area contributed by atoms with Crippen molar-refractivity contribution < 1.29 is 27.4 Å². The molecule has 0 radical (unpaired) electrons. The molecule has 0 bridgehead atoms. The largest absolute Gasteiger partial charge is 0.497 e. The van der Waals surface area contributed by atoms with E-state index in [1.165, 1.54) is 19.2 Å². The molecule has 0 unspecified atom stereocenters. The third-order valence-electron chi connectivity index (χ3n) is 5.56. The molecule has 4 rings (SSSR count). The lowest BCUT2D eigenvalue weighted by atomic mass is 10.1. The van der Waals surface area contributed by atoms with Crippen LogP contribution in [0.25, 0.3) is 0 Å². The lowest BCUT2D eigenvalue weighted by Crippen LogP contribution is -2.39. The average molecular weight is 510 g/mol. The lowest BCUT2D eigenvalue weighted by molar-refractivity contribution is -0.119. The molecule has 0 aliphatic carbocycles. The van der Waals surface area contributed by atoms with Gasteiger partial charge in [-0.15, -0.1) is 0 Å². The fourth-order valence-corrected chi connectivity index (χ4v) is 4.97. The monoisotopic (exact) mass is 509 g/mol. The molecule has 1 heterocycles. The van der Waals surface area contributed by atoms with Crippen molar-refractivity contribution in [3.8, 4) is 17.2 Å². The number of carbonyl (C=O) groups is 1. The van der Waals surface area contributed by atoms with E-state index in [0.717, 1.165) is 15.4 Å². The van der Waals surface area contributed by atoms with Crippen molar-refractivity contribution >= 4 is 27.3 Å². The van der Waals surface area contributed by atoms with Gasteiger partial charge in [0.15, 0.2) is 11.5 Å². The highest BCUT2D eigenvalue weighted by Crippen LogP contribution is 2.31. The van der Waals surface area contributed by atoms with Gasteiger partial charge in [0.25, 0.3) is 15.9 Å². The normalized spacial score (nSPS) is 13.1. The number of benzene rings is 3. The standard InChI is InChI=1S/C26H27N3O6S/c1-18-4-7-21(8-5-18)29(36(31,32)23-11-9-22(33-3)10-12-23)17-26(30)28-27-19(2)20-6-13-24-25(16-20)35-15-14-34-24/h4-13,16H,14-15,17H2,1-3H3,(H,28,30)/b27-19-. The number of hydrogen-bond acceptors (Lipinski definition) is 7. The molecule has 0 atom stereocenters. The highest BCUT2D eigenvalue weighted by atomic mass is 32.2. The first-order valence-electron chi connectivity index (χ1n) is 11.2. The number of ether oxygens (including phenoxy) is 3. The predicted molar refractivity (Wildman–Crippen MR) is 136 cm³/mol. The molecule has 0 fully saturated rings. The van der Waals surface area contributed by atoms with Crippen LogP contribution < -0.4 is 23.9 Å². The zero-order valence-corrected chi connectivity index (χ0v) is 21.0. The number of anilines is 1. The smallest absolute Gasteiger partial charge is 0.264 e. The Morgan fingerprint density at radius 3 is 2.33 bits per heavy atom. The van der Waals surface area contributed by atoms with E-state index in [1.807, 2.05) is 13.0 Å². The van der Waals surface area contributed by atoms with Crippen molar-refractivity contribution in [1.82, 2.24) is 5.43 Å². The van der Waals surface area contributed by atoms with Crippen LogP contribution in [0.2, 0.25) is 0 Å². The lowest BCUT2D eigenvalue weighted by Gasteiger charge is -2.24. The number of hydrogen-bond donors (Lipinski definition) is 1. The summed E-state index contributed by atoms with van der Waals surface area (Å²) < 4.78 is 44.3. The molecule has 0 spiro atoms. The van der Waals surface area contributed by atoms with Gasteiger partial charge in [0.1, 0.15) is 25.5 Å². The molecule has 188 valence electrons. The molecular formula is C26H27N3O6S. The van der Waals surface area contributed by atoms with E-state index in [1.54, 1.807) is 55.5 Å². The molecule has 9 nitrogen and oxygen atoms in total. The number of nitrogens with one attached hydrogen (secondary N) is 1. The summed E-state index contributed by atoms with van der Waals surface area (Å²) in [6.07, 6.45) is 0. The first-order valence-corrected chi connectivity index (χ1v) is 12.7. The Bertz CT molecular complexity index is 1370. The van der Waals surface area contributed by atoms with Crippen molar-refractivity contribution in [2.24, 2.45) is 5.10 Å². The van der Waals surface area contributed by atoms with Crippen LogP contribution in [0.3, 0.4) is 0 Å². The van der Waals surface area contributed by atoms with Crippen LogP contribution in [0.4, 0.5) is 5.69 Å². The molecule has 0 aromatic heterocycles. The molecule has 10 heteroatoms. The number of hydrazone groups is 1. The van der Waals surface area contributed by atoms with Crippen LogP contribution in [-0.4, -0.2) is 46.9 Å². The van der Waals surface area contributed by atoms with Crippen molar-refractivity contribution in [3.05, 3.63) is 77.9 Å². The zero-order chi connectivity index (χ0) is 25.7. The maximum absolute atomic E-state index is 13.5. The van der Waals surface area contributed by atoms with E-state index in [4.69, 9.17) is 14.2 Å². The summed E-state index contributed by atoms with van der Waals surface area (Å²) in [5, 5.41) is 4.16. The Labute approximate surface area is 210 Å². The van der Waals surface area contributed by atoms with Gasteiger partial charge in [-0.2, -0.15) is 5.10 Å². The van der Waals surface area contributed by atoms with Crippen molar-refractivity contribution in [2.75, 3.05) is 31.2 Å². The number of sulfonamides is 1. The van der Waals surface area contributed by atoms with Crippen molar-refractivity contribution in [2.45, 2.75) is 18.7 Å². The van der Waals surface area contributed by atoms with Crippen LogP contribution in [0.5, 0.6) is 17.2 Å². The second-order valence-corrected chi connectivity index (χ2v) is 9.98. The first-order chi connectivity index (χ1) is 17.3. The Kier molecular flexibility index (Phi) is 7.44. The molecule has 36 heavy (non-hydrogen) atoms. The topological polar surface area (TPSA) is 107 Å². The Morgan fingerprint density at radius 2 is 1.67 bits per heavy atom. The molecule has 3 aromatic carbocycles. The predicted octanol–water partition coefficient (Wildman–Crippen LogP) is 3.51. The minimum atomic E-state index is -4.05. The Hall–Kier alpha value is -4.05. The van der Waals surface area contributed by atoms with E-state index in [0.29, 0.717) is 41.9 Å². The summed E-state index contributed by atoms with van der Waals surface area (Å²) >= 11 is 0. The van der Waals surface area contributed by atoms with E-state index in [2.05, 4.69) is 10.5 Å². The van der Waals surface area contributed by atoms with Crippen LogP contribution in [0.1, 0.15) is 18.1 Å². The van der Waals surface area contributed by atoms with Crippen LogP contribution in [-0.2, 0) is 14.8 Å². The van der Waals surface area contributed by atoms with E-state index < -0.39 is 22.5 Å². The number of rotatable bonds is 8. The fraction of sp³-hybridized carbons (Fsp3) is 0.231. The minimum absolute atomic E-state index is 0.0348. The summed E-state index contributed by atoms with van der Waals surface area (Å²) in [6.45, 7) is 4.12. The van der Waals surface area contributed by atoms with Gasteiger partial charge in [0.05, 0.1) is 23.4 Å². The molecule has 3 aromatic rings. The van der Waals surface area contributed by atoms with Gasteiger partial charge in [-0.05, 0) is 68.4 Å². The van der Waals surface area contributed by atoms with Gasteiger partial charge in [0.2, 0.25) is 0 Å². The summed E-state index contributed by atoms with van der Waals surface area (Å²) in [4.78, 5) is 12.9. The second kappa shape index (κ2) is 10.7. The van der Waals surface area contributed by atoms with E-state index in [-0.39, 0.29) is 4.90 Å². The number of carbonyl (C=O) groups excluding carboxylic acids is 1. The molecule has 0 saturated heterocycles. The Morgan fingerprint density at radius 1 is 1.00 bits per heavy atom. The quantitative estimate of drug-likeness (QED) is 0.368. The summed E-state index contributed by atoms with van der Waals surface area (Å²) in [5.74, 6) is 1.19. The van der Waals surface area contributed by atoms with Gasteiger partial charge in [-0.1, -0.05) is 17.7 Å². The van der Waals surface area contributed by atoms with E-state index in [9.17, 15) is 13.2 Å². The van der Waals surface area contributed by atoms with Gasteiger partial charge in [-0.25, -0.2) is 13.8 Å². The number of aryl methyl sites for hydroxylation is 1. The minimum Gasteiger partial charge on any atom is -0.497 e. The number of amides is 1. The van der Waals surface area contributed by atoms with Crippen LogP contribution in [0.15, 0.2) is 76.7 Å². The maximum atomic E-state index is 13.5. The van der Waals surface area contributed by atoms with Gasteiger partial charge < -0.3 is 14.2 Å². The second-order valence-electron chi connectivity index (χ2n) is 8.11. The SMILES string of the molecule is COc1ccc(S(=O)(=O)N(CC(=O)N/N=C(/C)c2ccc3c(c2)OCCO3)c2ccc(C)cc2)cc1. The number of fused-ring (bicyclic) bond motifs is 1. The molecule has 1 aliphatic rings.